The number of amides is 1. The van der Waals surface area contributed by atoms with Crippen molar-refractivity contribution in [1.82, 2.24) is 4.98 Å². The van der Waals surface area contributed by atoms with Crippen LogP contribution in [0.3, 0.4) is 0 Å². The van der Waals surface area contributed by atoms with Crippen LogP contribution in [0.5, 0.6) is 0 Å². The molecule has 98 valence electrons. The molecular weight excluding hydrogens is 232 g/mol. The summed E-state index contributed by atoms with van der Waals surface area (Å²) < 4.78 is 5.58. The first-order valence-electron chi connectivity index (χ1n) is 5.89. The van der Waals surface area contributed by atoms with Gasteiger partial charge in [0.05, 0.1) is 6.20 Å². The minimum Gasteiger partial charge on any atom is -0.428 e. The number of nitrogens with zero attached hydrogens (tertiary/aromatic N) is 2. The Balaban J connectivity index is 2.35. The van der Waals surface area contributed by atoms with Crippen molar-refractivity contribution < 1.29 is 14.3 Å². The van der Waals surface area contributed by atoms with E-state index in [-0.39, 0.29) is 17.3 Å². The van der Waals surface area contributed by atoms with Gasteiger partial charge in [0.1, 0.15) is 5.76 Å². The Bertz CT molecular complexity index is 523. The highest BCUT2D eigenvalue weighted by atomic mass is 16.4. The summed E-state index contributed by atoms with van der Waals surface area (Å²) in [5.41, 5.74) is 0.991. The van der Waals surface area contributed by atoms with Crippen LogP contribution >= 0.6 is 0 Å². The summed E-state index contributed by atoms with van der Waals surface area (Å²) in [6.07, 6.45) is 0.613. The molecule has 0 saturated heterocycles. The molecule has 1 aromatic heterocycles. The van der Waals surface area contributed by atoms with Crippen LogP contribution in [0.2, 0.25) is 0 Å². The van der Waals surface area contributed by atoms with Crippen LogP contribution < -0.4 is 4.90 Å². The second kappa shape index (κ2) is 3.95. The molecule has 1 aliphatic heterocycles. The normalized spacial score (nSPS) is 21.1. The summed E-state index contributed by atoms with van der Waals surface area (Å²) in [6.45, 7) is 9.40. The van der Waals surface area contributed by atoms with Crippen LogP contribution in [0.15, 0.2) is 21.8 Å². The smallest absolute Gasteiger partial charge is 0.307 e. The van der Waals surface area contributed by atoms with E-state index in [1.807, 2.05) is 20.8 Å². The number of hydrogen-bond acceptors (Lipinski definition) is 4. The third-order valence-corrected chi connectivity index (χ3v) is 3.20. The molecule has 0 saturated carbocycles. The molecule has 1 aliphatic rings. The summed E-state index contributed by atoms with van der Waals surface area (Å²) in [5.74, 6) is 0.419. The topological polar surface area (TPSA) is 66.6 Å². The SMILES string of the molecule is CC1=C(C)[C@H](O)N(c2ncc(C(C)(C)C)o2)C1=O. The molecule has 0 aromatic carbocycles. The number of carbonyl (C=O) groups excluding carboxylic acids is 1. The van der Waals surface area contributed by atoms with E-state index >= 15 is 0 Å². The molecule has 0 bridgehead atoms. The maximum atomic E-state index is 12.0. The molecule has 0 unspecified atom stereocenters. The Hall–Kier alpha value is -1.62. The average molecular weight is 250 g/mol. The number of carbonyl (C=O) groups is 1. The van der Waals surface area contributed by atoms with Crippen molar-refractivity contribution in [2.75, 3.05) is 4.90 Å². The zero-order valence-electron chi connectivity index (χ0n) is 11.3. The molecule has 2 rings (SSSR count). The summed E-state index contributed by atoms with van der Waals surface area (Å²) in [5, 5.41) is 10.0. The molecule has 0 radical (unpaired) electrons. The van der Waals surface area contributed by atoms with Gasteiger partial charge in [-0.15, -0.1) is 0 Å². The minimum absolute atomic E-state index is 0.147. The molecular formula is C13H18N2O3. The zero-order valence-corrected chi connectivity index (χ0v) is 11.3. The molecule has 0 spiro atoms. The molecule has 5 heteroatoms. The van der Waals surface area contributed by atoms with Gasteiger partial charge in [-0.1, -0.05) is 20.8 Å². The average Bonchev–Trinajstić information content (AvgIpc) is 2.81. The van der Waals surface area contributed by atoms with Crippen LogP contribution in [0.25, 0.3) is 0 Å². The quantitative estimate of drug-likeness (QED) is 0.827. The Kier molecular flexibility index (Phi) is 2.81. The lowest BCUT2D eigenvalue weighted by Crippen LogP contribution is -2.35. The predicted molar refractivity (Wildman–Crippen MR) is 67.1 cm³/mol. The van der Waals surface area contributed by atoms with Crippen molar-refractivity contribution in [3.63, 3.8) is 0 Å². The van der Waals surface area contributed by atoms with E-state index in [0.717, 1.165) is 0 Å². The van der Waals surface area contributed by atoms with Crippen molar-refractivity contribution in [2.45, 2.75) is 46.3 Å². The van der Waals surface area contributed by atoms with Gasteiger partial charge in [-0.3, -0.25) is 4.79 Å². The van der Waals surface area contributed by atoms with Gasteiger partial charge in [0.2, 0.25) is 0 Å². The molecule has 1 atom stereocenters. The minimum atomic E-state index is -0.982. The highest BCUT2D eigenvalue weighted by Crippen LogP contribution is 2.32. The number of aromatic nitrogens is 1. The molecule has 2 heterocycles. The van der Waals surface area contributed by atoms with Crippen LogP contribution in [-0.4, -0.2) is 22.2 Å². The van der Waals surface area contributed by atoms with E-state index in [1.54, 1.807) is 20.0 Å². The number of anilines is 1. The van der Waals surface area contributed by atoms with E-state index in [2.05, 4.69) is 4.98 Å². The fourth-order valence-electron chi connectivity index (χ4n) is 1.76. The van der Waals surface area contributed by atoms with Gasteiger partial charge < -0.3 is 9.52 Å². The summed E-state index contributed by atoms with van der Waals surface area (Å²) >= 11 is 0. The molecule has 18 heavy (non-hydrogen) atoms. The predicted octanol–water partition coefficient (Wildman–Crippen LogP) is 1.97. The lowest BCUT2D eigenvalue weighted by molar-refractivity contribution is -0.115. The van der Waals surface area contributed by atoms with E-state index in [9.17, 15) is 9.90 Å². The van der Waals surface area contributed by atoms with Crippen molar-refractivity contribution in [1.29, 1.82) is 0 Å². The first-order chi connectivity index (χ1) is 8.23. The lowest BCUT2D eigenvalue weighted by atomic mass is 9.94. The monoisotopic (exact) mass is 250 g/mol. The van der Waals surface area contributed by atoms with Gasteiger partial charge >= 0.3 is 6.01 Å². The van der Waals surface area contributed by atoms with Crippen molar-refractivity contribution in [3.05, 3.63) is 23.1 Å². The third-order valence-electron chi connectivity index (χ3n) is 3.20. The van der Waals surface area contributed by atoms with Gasteiger partial charge in [0.15, 0.2) is 6.23 Å². The summed E-state index contributed by atoms with van der Waals surface area (Å²) in [4.78, 5) is 17.3. The van der Waals surface area contributed by atoms with Crippen molar-refractivity contribution >= 4 is 11.9 Å². The standard InChI is InChI=1S/C13H18N2O3/c1-7-8(2)11(17)15(10(7)16)12-14-6-9(18-12)13(3,4)5/h6,10,16H,1-5H3/t10-/m0/s1. The maximum absolute atomic E-state index is 12.0. The van der Waals surface area contributed by atoms with Gasteiger partial charge in [0, 0.05) is 11.0 Å². The highest BCUT2D eigenvalue weighted by molar-refractivity contribution is 6.08. The third kappa shape index (κ3) is 1.84. The second-order valence-corrected chi connectivity index (χ2v) is 5.61. The molecule has 1 N–H and O–H groups in total. The van der Waals surface area contributed by atoms with E-state index < -0.39 is 6.23 Å². The number of aliphatic hydroxyl groups excluding tert-OH is 1. The van der Waals surface area contributed by atoms with E-state index in [0.29, 0.717) is 16.9 Å². The number of rotatable bonds is 1. The van der Waals surface area contributed by atoms with Gasteiger partial charge in [-0.05, 0) is 19.4 Å². The second-order valence-electron chi connectivity index (χ2n) is 5.61. The van der Waals surface area contributed by atoms with Crippen LogP contribution in [0, 0.1) is 0 Å². The molecule has 0 fully saturated rings. The van der Waals surface area contributed by atoms with Crippen molar-refractivity contribution in [3.8, 4) is 0 Å². The van der Waals surface area contributed by atoms with Gasteiger partial charge in [-0.25, -0.2) is 9.88 Å². The maximum Gasteiger partial charge on any atom is 0.307 e. The lowest BCUT2D eigenvalue weighted by Gasteiger charge is -2.18. The number of aliphatic hydroxyl groups is 1. The largest absolute Gasteiger partial charge is 0.428 e. The first-order valence-corrected chi connectivity index (χ1v) is 5.89. The zero-order chi connectivity index (χ0) is 13.7. The van der Waals surface area contributed by atoms with Crippen LogP contribution in [0.1, 0.15) is 40.4 Å². The molecule has 0 aliphatic carbocycles. The Morgan fingerprint density at radius 1 is 1.39 bits per heavy atom. The van der Waals surface area contributed by atoms with Gasteiger partial charge in [-0.2, -0.15) is 0 Å². The Morgan fingerprint density at radius 3 is 2.39 bits per heavy atom. The van der Waals surface area contributed by atoms with E-state index in [1.165, 1.54) is 4.90 Å². The fourth-order valence-corrected chi connectivity index (χ4v) is 1.76. The summed E-state index contributed by atoms with van der Waals surface area (Å²) in [7, 11) is 0. The highest BCUT2D eigenvalue weighted by Gasteiger charge is 2.37. The van der Waals surface area contributed by atoms with Crippen LogP contribution in [-0.2, 0) is 10.2 Å². The van der Waals surface area contributed by atoms with Gasteiger partial charge in [0.25, 0.3) is 5.91 Å². The van der Waals surface area contributed by atoms with Crippen LogP contribution in [0.4, 0.5) is 6.01 Å². The first kappa shape index (κ1) is 12.8. The summed E-state index contributed by atoms with van der Waals surface area (Å²) in [6, 6.07) is 0.147. The van der Waals surface area contributed by atoms with Crippen molar-refractivity contribution in [2.24, 2.45) is 0 Å². The van der Waals surface area contributed by atoms with E-state index in [4.69, 9.17) is 4.42 Å². The molecule has 5 nitrogen and oxygen atoms in total. The molecule has 1 amide bonds. The Labute approximate surface area is 106 Å². The molecule has 1 aromatic rings. The number of hydrogen-bond donors (Lipinski definition) is 1. The Morgan fingerprint density at radius 2 is 2.00 bits per heavy atom. The number of oxazole rings is 1. The fraction of sp³-hybridized carbons (Fsp3) is 0.538.